The molecule has 4 N–H and O–H groups in total. The van der Waals surface area contributed by atoms with Crippen molar-refractivity contribution >= 4 is 0 Å². The number of aliphatic hydroxyl groups is 1. The van der Waals surface area contributed by atoms with Gasteiger partial charge in [0.1, 0.15) is 0 Å². The third kappa shape index (κ3) is 3.09. The summed E-state index contributed by atoms with van der Waals surface area (Å²) >= 11 is 0. The van der Waals surface area contributed by atoms with Crippen molar-refractivity contribution in [1.82, 2.24) is 5.32 Å². The van der Waals surface area contributed by atoms with E-state index in [-0.39, 0.29) is 6.10 Å². The van der Waals surface area contributed by atoms with E-state index in [1.165, 1.54) is 12.8 Å². The molecule has 72 valence electrons. The minimum atomic E-state index is -0.0598. The van der Waals surface area contributed by atoms with Crippen molar-refractivity contribution in [1.29, 1.82) is 0 Å². The Kier molecular flexibility index (Phi) is 4.58. The SMILES string of the molecule is NCCCNCC1CCCC1O. The highest BCUT2D eigenvalue weighted by Crippen LogP contribution is 2.24. The minimum Gasteiger partial charge on any atom is -0.393 e. The number of rotatable bonds is 5. The zero-order chi connectivity index (χ0) is 8.81. The van der Waals surface area contributed by atoms with Crippen LogP contribution in [0.15, 0.2) is 0 Å². The van der Waals surface area contributed by atoms with Gasteiger partial charge in [-0.05, 0) is 38.3 Å². The van der Waals surface area contributed by atoms with Gasteiger partial charge >= 0.3 is 0 Å². The molecule has 0 amide bonds. The van der Waals surface area contributed by atoms with Crippen LogP contribution in [-0.2, 0) is 0 Å². The minimum absolute atomic E-state index is 0.0598. The molecule has 0 spiro atoms. The van der Waals surface area contributed by atoms with Crippen molar-refractivity contribution in [2.75, 3.05) is 19.6 Å². The summed E-state index contributed by atoms with van der Waals surface area (Å²) in [6, 6.07) is 0. The van der Waals surface area contributed by atoms with Crippen molar-refractivity contribution in [3.8, 4) is 0 Å². The highest BCUT2D eigenvalue weighted by atomic mass is 16.3. The molecule has 0 saturated heterocycles. The highest BCUT2D eigenvalue weighted by Gasteiger charge is 2.24. The Hall–Kier alpha value is -0.120. The van der Waals surface area contributed by atoms with Gasteiger partial charge in [-0.25, -0.2) is 0 Å². The van der Waals surface area contributed by atoms with Gasteiger partial charge in [0.25, 0.3) is 0 Å². The van der Waals surface area contributed by atoms with Crippen molar-refractivity contribution in [2.24, 2.45) is 11.7 Å². The molecule has 1 rings (SSSR count). The zero-order valence-electron chi connectivity index (χ0n) is 7.63. The molecule has 0 radical (unpaired) electrons. The van der Waals surface area contributed by atoms with E-state index in [9.17, 15) is 5.11 Å². The first-order chi connectivity index (χ1) is 5.84. The summed E-state index contributed by atoms with van der Waals surface area (Å²) in [6.07, 6.45) is 4.32. The Balaban J connectivity index is 1.98. The molecule has 1 aliphatic rings. The van der Waals surface area contributed by atoms with Crippen LogP contribution >= 0.6 is 0 Å². The Morgan fingerprint density at radius 2 is 2.25 bits per heavy atom. The van der Waals surface area contributed by atoms with Crippen LogP contribution in [0.5, 0.6) is 0 Å². The molecule has 0 aromatic rings. The molecule has 0 aromatic heterocycles. The van der Waals surface area contributed by atoms with Crippen molar-refractivity contribution in [2.45, 2.75) is 31.8 Å². The van der Waals surface area contributed by atoms with E-state index in [1.54, 1.807) is 0 Å². The predicted octanol–water partition coefficient (Wildman–Crippen LogP) is 0.0858. The standard InChI is InChI=1S/C9H20N2O/c10-5-2-6-11-7-8-3-1-4-9(8)12/h8-9,11-12H,1-7,10H2. The number of hydrogen-bond donors (Lipinski definition) is 3. The number of nitrogens with one attached hydrogen (secondary N) is 1. The first-order valence-electron chi connectivity index (χ1n) is 4.93. The summed E-state index contributed by atoms with van der Waals surface area (Å²) in [5.41, 5.74) is 5.36. The average molecular weight is 172 g/mol. The summed E-state index contributed by atoms with van der Waals surface area (Å²) in [4.78, 5) is 0. The van der Waals surface area contributed by atoms with E-state index < -0.39 is 0 Å². The van der Waals surface area contributed by atoms with Crippen LogP contribution in [0.1, 0.15) is 25.7 Å². The van der Waals surface area contributed by atoms with Crippen molar-refractivity contribution < 1.29 is 5.11 Å². The van der Waals surface area contributed by atoms with Gasteiger partial charge < -0.3 is 16.2 Å². The lowest BCUT2D eigenvalue weighted by Gasteiger charge is -2.14. The molecule has 2 atom stereocenters. The summed E-state index contributed by atoms with van der Waals surface area (Å²) in [5.74, 6) is 0.489. The molecule has 0 bridgehead atoms. The van der Waals surface area contributed by atoms with E-state index in [2.05, 4.69) is 5.32 Å². The quantitative estimate of drug-likeness (QED) is 0.515. The van der Waals surface area contributed by atoms with Gasteiger partial charge in [0, 0.05) is 6.54 Å². The molecule has 3 nitrogen and oxygen atoms in total. The Labute approximate surface area is 74.3 Å². The fourth-order valence-electron chi connectivity index (χ4n) is 1.77. The highest BCUT2D eigenvalue weighted by molar-refractivity contribution is 4.77. The van der Waals surface area contributed by atoms with E-state index in [4.69, 9.17) is 5.73 Å². The first-order valence-corrected chi connectivity index (χ1v) is 4.93. The second-order valence-electron chi connectivity index (χ2n) is 3.60. The fraction of sp³-hybridized carbons (Fsp3) is 1.00. The molecular formula is C9H20N2O. The summed E-state index contributed by atoms with van der Waals surface area (Å²) in [6.45, 7) is 2.70. The van der Waals surface area contributed by atoms with Crippen LogP contribution in [0.3, 0.4) is 0 Å². The van der Waals surface area contributed by atoms with Crippen LogP contribution in [0.4, 0.5) is 0 Å². The molecule has 0 aromatic carbocycles. The Morgan fingerprint density at radius 3 is 2.83 bits per heavy atom. The molecule has 2 unspecified atom stereocenters. The van der Waals surface area contributed by atoms with E-state index >= 15 is 0 Å². The van der Waals surface area contributed by atoms with Crippen molar-refractivity contribution in [3.05, 3.63) is 0 Å². The number of aliphatic hydroxyl groups excluding tert-OH is 1. The maximum absolute atomic E-state index is 9.48. The van der Waals surface area contributed by atoms with Gasteiger partial charge in [0.15, 0.2) is 0 Å². The van der Waals surface area contributed by atoms with Gasteiger partial charge in [-0.2, -0.15) is 0 Å². The largest absolute Gasteiger partial charge is 0.393 e. The van der Waals surface area contributed by atoms with Gasteiger partial charge in [0.05, 0.1) is 6.10 Å². The monoisotopic (exact) mass is 172 g/mol. The zero-order valence-corrected chi connectivity index (χ0v) is 7.63. The van der Waals surface area contributed by atoms with Crippen LogP contribution in [0, 0.1) is 5.92 Å². The molecular weight excluding hydrogens is 152 g/mol. The lowest BCUT2D eigenvalue weighted by molar-refractivity contribution is 0.132. The third-order valence-electron chi connectivity index (χ3n) is 2.58. The van der Waals surface area contributed by atoms with E-state index in [0.717, 1.165) is 32.5 Å². The van der Waals surface area contributed by atoms with Crippen LogP contribution in [-0.4, -0.2) is 30.8 Å². The van der Waals surface area contributed by atoms with Crippen LogP contribution in [0.25, 0.3) is 0 Å². The van der Waals surface area contributed by atoms with E-state index in [0.29, 0.717) is 5.92 Å². The van der Waals surface area contributed by atoms with Crippen molar-refractivity contribution in [3.63, 3.8) is 0 Å². The van der Waals surface area contributed by atoms with Gasteiger partial charge in [-0.1, -0.05) is 6.42 Å². The number of nitrogens with two attached hydrogens (primary N) is 1. The lowest BCUT2D eigenvalue weighted by atomic mass is 10.1. The smallest absolute Gasteiger partial charge is 0.0580 e. The van der Waals surface area contributed by atoms with Crippen LogP contribution < -0.4 is 11.1 Å². The third-order valence-corrected chi connectivity index (χ3v) is 2.58. The average Bonchev–Trinajstić information content (AvgIpc) is 2.46. The van der Waals surface area contributed by atoms with Gasteiger partial charge in [0.2, 0.25) is 0 Å². The Bertz CT molecular complexity index is 119. The molecule has 1 saturated carbocycles. The molecule has 1 fully saturated rings. The molecule has 0 aliphatic heterocycles. The van der Waals surface area contributed by atoms with Crippen LogP contribution in [0.2, 0.25) is 0 Å². The second-order valence-corrected chi connectivity index (χ2v) is 3.60. The Morgan fingerprint density at radius 1 is 1.42 bits per heavy atom. The normalized spacial score (nSPS) is 29.5. The molecule has 3 heteroatoms. The summed E-state index contributed by atoms with van der Waals surface area (Å²) in [7, 11) is 0. The molecule has 1 aliphatic carbocycles. The lowest BCUT2D eigenvalue weighted by Crippen LogP contribution is -2.29. The molecule has 0 heterocycles. The fourth-order valence-corrected chi connectivity index (χ4v) is 1.77. The molecule has 12 heavy (non-hydrogen) atoms. The maximum atomic E-state index is 9.48. The second kappa shape index (κ2) is 5.51. The number of hydrogen-bond acceptors (Lipinski definition) is 3. The van der Waals surface area contributed by atoms with Gasteiger partial charge in [-0.3, -0.25) is 0 Å². The summed E-state index contributed by atoms with van der Waals surface area (Å²) < 4.78 is 0. The maximum Gasteiger partial charge on any atom is 0.0580 e. The van der Waals surface area contributed by atoms with Gasteiger partial charge in [-0.15, -0.1) is 0 Å². The first kappa shape index (κ1) is 9.96. The van der Waals surface area contributed by atoms with E-state index in [1.807, 2.05) is 0 Å². The topological polar surface area (TPSA) is 58.3 Å². The predicted molar refractivity (Wildman–Crippen MR) is 49.9 cm³/mol. The summed E-state index contributed by atoms with van der Waals surface area (Å²) in [5, 5.41) is 12.8.